The van der Waals surface area contributed by atoms with Crippen molar-refractivity contribution in [2.45, 2.75) is 18.9 Å². The summed E-state index contributed by atoms with van der Waals surface area (Å²) in [6.45, 7) is 1.45. The lowest BCUT2D eigenvalue weighted by molar-refractivity contribution is -0.384. The topological polar surface area (TPSA) is 97.3 Å². The van der Waals surface area contributed by atoms with Gasteiger partial charge >= 0.3 is 5.69 Å². The van der Waals surface area contributed by atoms with E-state index in [2.05, 4.69) is 22.2 Å². The molecule has 0 radical (unpaired) electrons. The van der Waals surface area contributed by atoms with E-state index >= 15 is 0 Å². The minimum absolute atomic E-state index is 0.0433. The highest BCUT2D eigenvalue weighted by Crippen LogP contribution is 2.25. The van der Waals surface area contributed by atoms with E-state index in [-0.39, 0.29) is 17.3 Å². The molecule has 7 nitrogen and oxygen atoms in total. The van der Waals surface area contributed by atoms with Crippen LogP contribution in [-0.4, -0.2) is 41.0 Å². The number of hydrogen-bond acceptors (Lipinski definition) is 6. The Balaban J connectivity index is 1.94. The lowest BCUT2D eigenvalue weighted by atomic mass is 10.3. The molecule has 0 saturated heterocycles. The van der Waals surface area contributed by atoms with E-state index in [9.17, 15) is 10.1 Å². The zero-order valence-electron chi connectivity index (χ0n) is 10.3. The Bertz CT molecular complexity index is 447. The summed E-state index contributed by atoms with van der Waals surface area (Å²) in [5.74, 6) is 0.517. The molecule has 1 aromatic heterocycles. The molecule has 1 fully saturated rings. The Labute approximate surface area is 105 Å². The van der Waals surface area contributed by atoms with Gasteiger partial charge in [-0.2, -0.15) is 0 Å². The van der Waals surface area contributed by atoms with Gasteiger partial charge < -0.3 is 16.0 Å². The number of aromatic nitrogens is 1. The molecule has 0 unspecified atom stereocenters. The molecular formula is C11H17N5O2. The summed E-state index contributed by atoms with van der Waals surface area (Å²) in [5, 5.41) is 13.8. The van der Waals surface area contributed by atoms with Crippen molar-refractivity contribution in [1.82, 2.24) is 9.88 Å². The standard InChI is InChI=1S/C11H17N5O2/c1-15(8-2-3-8)7-6-13-11-9(16(17)18)4-5-10(12)14-11/h4-5,8H,2-3,6-7H2,1H3,(H3,12,13,14). The van der Waals surface area contributed by atoms with Crippen molar-refractivity contribution < 1.29 is 4.92 Å². The van der Waals surface area contributed by atoms with Gasteiger partial charge in [0.2, 0.25) is 5.82 Å². The Hall–Kier alpha value is -1.89. The minimum atomic E-state index is -0.459. The zero-order chi connectivity index (χ0) is 13.1. The molecule has 0 aromatic carbocycles. The number of nitrogens with two attached hydrogens (primary N) is 1. The smallest absolute Gasteiger partial charge is 0.311 e. The van der Waals surface area contributed by atoms with E-state index in [1.165, 1.54) is 25.0 Å². The molecule has 3 N–H and O–H groups in total. The first-order valence-corrected chi connectivity index (χ1v) is 5.93. The van der Waals surface area contributed by atoms with Crippen LogP contribution in [0.2, 0.25) is 0 Å². The number of hydrogen-bond donors (Lipinski definition) is 2. The van der Waals surface area contributed by atoms with Crippen molar-refractivity contribution in [2.75, 3.05) is 31.2 Å². The number of nitro groups is 1. The number of likely N-dealkylation sites (N-methyl/N-ethyl adjacent to an activating group) is 1. The first-order chi connectivity index (χ1) is 8.58. The molecule has 1 aliphatic rings. The zero-order valence-corrected chi connectivity index (χ0v) is 10.3. The van der Waals surface area contributed by atoms with Crippen LogP contribution in [0.5, 0.6) is 0 Å². The molecule has 7 heteroatoms. The highest BCUT2D eigenvalue weighted by molar-refractivity contribution is 5.59. The first kappa shape index (κ1) is 12.6. The highest BCUT2D eigenvalue weighted by Gasteiger charge is 2.25. The van der Waals surface area contributed by atoms with E-state index in [1.807, 2.05) is 0 Å². The van der Waals surface area contributed by atoms with Gasteiger partial charge in [0, 0.05) is 25.2 Å². The van der Waals surface area contributed by atoms with Crippen molar-refractivity contribution in [2.24, 2.45) is 0 Å². The molecule has 0 bridgehead atoms. The van der Waals surface area contributed by atoms with Crippen LogP contribution in [0.1, 0.15) is 12.8 Å². The van der Waals surface area contributed by atoms with E-state index < -0.39 is 4.92 Å². The summed E-state index contributed by atoms with van der Waals surface area (Å²) in [7, 11) is 2.06. The van der Waals surface area contributed by atoms with Gasteiger partial charge in [-0.05, 0) is 26.0 Å². The highest BCUT2D eigenvalue weighted by atomic mass is 16.6. The van der Waals surface area contributed by atoms with Gasteiger partial charge in [0.1, 0.15) is 5.82 Å². The Morgan fingerprint density at radius 1 is 1.61 bits per heavy atom. The van der Waals surface area contributed by atoms with E-state index in [0.29, 0.717) is 12.6 Å². The summed E-state index contributed by atoms with van der Waals surface area (Å²) in [4.78, 5) is 16.6. The number of nitrogens with zero attached hydrogens (tertiary/aromatic N) is 3. The fourth-order valence-corrected chi connectivity index (χ4v) is 1.79. The van der Waals surface area contributed by atoms with Gasteiger partial charge in [-0.15, -0.1) is 0 Å². The van der Waals surface area contributed by atoms with Crippen LogP contribution in [0.15, 0.2) is 12.1 Å². The molecule has 1 saturated carbocycles. The van der Waals surface area contributed by atoms with Crippen LogP contribution < -0.4 is 11.1 Å². The number of anilines is 2. The van der Waals surface area contributed by atoms with E-state index in [1.54, 1.807) is 0 Å². The SMILES string of the molecule is CN(CCNc1nc(N)ccc1[N+](=O)[O-])C1CC1. The minimum Gasteiger partial charge on any atom is -0.384 e. The molecule has 1 aliphatic carbocycles. The molecule has 1 heterocycles. The molecule has 0 amide bonds. The van der Waals surface area contributed by atoms with Crippen molar-refractivity contribution in [3.63, 3.8) is 0 Å². The van der Waals surface area contributed by atoms with Crippen LogP contribution in [0.25, 0.3) is 0 Å². The molecule has 0 atom stereocenters. The predicted octanol–water partition coefficient (Wildman–Crippen LogP) is 1.08. The molecule has 0 spiro atoms. The number of nitrogens with one attached hydrogen (secondary N) is 1. The molecule has 0 aliphatic heterocycles. The third-order valence-electron chi connectivity index (χ3n) is 3.02. The van der Waals surface area contributed by atoms with Crippen LogP contribution >= 0.6 is 0 Å². The maximum Gasteiger partial charge on any atom is 0.311 e. The van der Waals surface area contributed by atoms with Crippen molar-refractivity contribution in [3.05, 3.63) is 22.2 Å². The summed E-state index contributed by atoms with van der Waals surface area (Å²) in [6, 6.07) is 3.48. The second kappa shape index (κ2) is 5.18. The summed E-state index contributed by atoms with van der Waals surface area (Å²) in [6.07, 6.45) is 2.49. The summed E-state index contributed by atoms with van der Waals surface area (Å²) < 4.78 is 0. The average molecular weight is 251 g/mol. The Morgan fingerprint density at radius 3 is 2.94 bits per heavy atom. The number of nitrogen functional groups attached to an aromatic ring is 1. The summed E-state index contributed by atoms with van der Waals surface area (Å²) >= 11 is 0. The van der Waals surface area contributed by atoms with E-state index in [4.69, 9.17) is 5.73 Å². The second-order valence-corrected chi connectivity index (χ2v) is 4.50. The molecule has 18 heavy (non-hydrogen) atoms. The van der Waals surface area contributed by atoms with Gasteiger partial charge in [-0.1, -0.05) is 0 Å². The third-order valence-corrected chi connectivity index (χ3v) is 3.02. The molecule has 98 valence electrons. The molecule has 1 aromatic rings. The second-order valence-electron chi connectivity index (χ2n) is 4.50. The monoisotopic (exact) mass is 251 g/mol. The van der Waals surface area contributed by atoms with E-state index in [0.717, 1.165) is 6.54 Å². The fraction of sp³-hybridized carbons (Fsp3) is 0.545. The van der Waals surface area contributed by atoms with Crippen LogP contribution in [0.4, 0.5) is 17.3 Å². The fourth-order valence-electron chi connectivity index (χ4n) is 1.79. The maximum absolute atomic E-state index is 10.8. The van der Waals surface area contributed by atoms with Crippen LogP contribution in [0.3, 0.4) is 0 Å². The van der Waals surface area contributed by atoms with Crippen molar-refractivity contribution in [3.8, 4) is 0 Å². The average Bonchev–Trinajstić information content (AvgIpc) is 3.12. The number of rotatable bonds is 6. The van der Waals surface area contributed by atoms with Gasteiger partial charge in [0.15, 0.2) is 0 Å². The van der Waals surface area contributed by atoms with Crippen LogP contribution in [-0.2, 0) is 0 Å². The number of pyridine rings is 1. The summed E-state index contributed by atoms with van der Waals surface area (Å²) in [5.41, 5.74) is 5.49. The van der Waals surface area contributed by atoms with Crippen LogP contribution in [0, 0.1) is 10.1 Å². The van der Waals surface area contributed by atoms with Gasteiger partial charge in [0.25, 0.3) is 0 Å². The lowest BCUT2D eigenvalue weighted by Crippen LogP contribution is -2.27. The quantitative estimate of drug-likeness (QED) is 0.580. The largest absolute Gasteiger partial charge is 0.384 e. The van der Waals surface area contributed by atoms with Crippen molar-refractivity contribution >= 4 is 17.3 Å². The third kappa shape index (κ3) is 3.07. The maximum atomic E-state index is 10.8. The van der Waals surface area contributed by atoms with Gasteiger partial charge in [-0.3, -0.25) is 10.1 Å². The predicted molar refractivity (Wildman–Crippen MR) is 69.4 cm³/mol. The Morgan fingerprint density at radius 2 is 2.33 bits per heavy atom. The van der Waals surface area contributed by atoms with Crippen molar-refractivity contribution in [1.29, 1.82) is 0 Å². The normalized spacial score (nSPS) is 14.8. The molecule has 2 rings (SSSR count). The lowest BCUT2D eigenvalue weighted by Gasteiger charge is -2.15. The van der Waals surface area contributed by atoms with Gasteiger partial charge in [0.05, 0.1) is 4.92 Å². The first-order valence-electron chi connectivity index (χ1n) is 5.93. The Kier molecular flexibility index (Phi) is 3.61. The van der Waals surface area contributed by atoms with Gasteiger partial charge in [-0.25, -0.2) is 4.98 Å². The molecular weight excluding hydrogens is 234 g/mol.